The van der Waals surface area contributed by atoms with Crippen LogP contribution in [-0.4, -0.2) is 29.1 Å². The van der Waals surface area contributed by atoms with Gasteiger partial charge in [-0.2, -0.15) is 5.26 Å². The molecule has 1 aliphatic rings. The zero-order valence-corrected chi connectivity index (χ0v) is 12.6. The normalized spacial score (nSPS) is 17.0. The number of rotatable bonds is 4. The molecular weight excluding hydrogens is 290 g/mol. The van der Waals surface area contributed by atoms with E-state index in [2.05, 4.69) is 16.0 Å². The van der Waals surface area contributed by atoms with E-state index in [1.807, 2.05) is 6.07 Å². The lowest BCUT2D eigenvalue weighted by Crippen LogP contribution is -2.22. The van der Waals surface area contributed by atoms with Gasteiger partial charge in [0.1, 0.15) is 11.9 Å². The molecule has 0 saturated carbocycles. The molecule has 3 rings (SSSR count). The summed E-state index contributed by atoms with van der Waals surface area (Å²) in [7, 11) is 0. The Morgan fingerprint density at radius 2 is 2.26 bits per heavy atom. The van der Waals surface area contributed by atoms with Crippen molar-refractivity contribution < 1.29 is 9.90 Å². The summed E-state index contributed by atoms with van der Waals surface area (Å²) in [6, 6.07) is 12.9. The van der Waals surface area contributed by atoms with Crippen molar-refractivity contribution >= 4 is 11.8 Å². The number of aromatic nitrogens is 1. The minimum absolute atomic E-state index is 0.328. The first-order valence-corrected chi connectivity index (χ1v) is 7.59. The maximum atomic E-state index is 11.1. The minimum atomic E-state index is -0.896. The van der Waals surface area contributed by atoms with E-state index in [-0.39, 0.29) is 0 Å². The number of benzene rings is 1. The van der Waals surface area contributed by atoms with Crippen LogP contribution in [0.15, 0.2) is 42.6 Å². The van der Waals surface area contributed by atoms with Gasteiger partial charge < -0.3 is 10.0 Å². The molecule has 0 bridgehead atoms. The fourth-order valence-electron chi connectivity index (χ4n) is 3.09. The van der Waals surface area contributed by atoms with Crippen molar-refractivity contribution in [3.05, 3.63) is 59.3 Å². The van der Waals surface area contributed by atoms with Crippen LogP contribution in [0.2, 0.25) is 0 Å². The predicted octanol–water partition coefficient (Wildman–Crippen LogP) is 2.72. The first-order chi connectivity index (χ1) is 11.2. The molecule has 0 aliphatic carbocycles. The molecule has 1 aromatic carbocycles. The number of nitrogens with zero attached hydrogens (tertiary/aromatic N) is 3. The highest BCUT2D eigenvalue weighted by molar-refractivity contribution is 5.87. The van der Waals surface area contributed by atoms with Crippen LogP contribution >= 0.6 is 0 Å². The van der Waals surface area contributed by atoms with E-state index in [1.165, 1.54) is 0 Å². The van der Waals surface area contributed by atoms with E-state index in [4.69, 9.17) is 5.11 Å². The highest BCUT2D eigenvalue weighted by atomic mass is 16.4. The first kappa shape index (κ1) is 15.0. The molecule has 1 fully saturated rings. The minimum Gasteiger partial charge on any atom is -0.478 e. The maximum Gasteiger partial charge on any atom is 0.335 e. The highest BCUT2D eigenvalue weighted by Gasteiger charge is 2.25. The smallest absolute Gasteiger partial charge is 0.335 e. The fraction of sp³-hybridized carbons (Fsp3) is 0.278. The van der Waals surface area contributed by atoms with E-state index in [9.17, 15) is 10.1 Å². The van der Waals surface area contributed by atoms with Crippen LogP contribution in [0.4, 0.5) is 5.82 Å². The topological polar surface area (TPSA) is 77.2 Å². The van der Waals surface area contributed by atoms with Crippen molar-refractivity contribution in [2.24, 2.45) is 5.92 Å². The number of hydrogen-bond acceptors (Lipinski definition) is 4. The van der Waals surface area contributed by atoms with Gasteiger partial charge >= 0.3 is 5.97 Å². The summed E-state index contributed by atoms with van der Waals surface area (Å²) < 4.78 is 0. The fourth-order valence-corrected chi connectivity index (χ4v) is 3.09. The monoisotopic (exact) mass is 307 g/mol. The molecule has 1 unspecified atom stereocenters. The second kappa shape index (κ2) is 6.49. The molecule has 1 aromatic heterocycles. The number of carboxylic acids is 1. The predicted molar refractivity (Wildman–Crippen MR) is 86.4 cm³/mol. The lowest BCUT2D eigenvalue weighted by molar-refractivity contribution is 0.0696. The largest absolute Gasteiger partial charge is 0.478 e. The summed E-state index contributed by atoms with van der Waals surface area (Å²) in [4.78, 5) is 17.5. The quantitative estimate of drug-likeness (QED) is 0.939. The number of aromatic carboxylic acids is 1. The summed E-state index contributed by atoms with van der Waals surface area (Å²) in [5.74, 6) is 0.288. The van der Waals surface area contributed by atoms with E-state index in [0.29, 0.717) is 17.0 Å². The second-order valence-electron chi connectivity index (χ2n) is 5.80. The Hall–Kier alpha value is -2.87. The summed E-state index contributed by atoms with van der Waals surface area (Å²) in [6.07, 6.45) is 3.56. The van der Waals surface area contributed by atoms with Gasteiger partial charge in [0.25, 0.3) is 0 Å². The third-order valence-electron chi connectivity index (χ3n) is 4.19. The van der Waals surface area contributed by atoms with Crippen LogP contribution in [0.5, 0.6) is 0 Å². The van der Waals surface area contributed by atoms with Crippen LogP contribution < -0.4 is 4.90 Å². The van der Waals surface area contributed by atoms with Crippen molar-refractivity contribution in [2.75, 3.05) is 18.0 Å². The summed E-state index contributed by atoms with van der Waals surface area (Å²) in [5.41, 5.74) is 1.97. The third kappa shape index (κ3) is 3.32. The summed E-state index contributed by atoms with van der Waals surface area (Å²) >= 11 is 0. The van der Waals surface area contributed by atoms with E-state index in [0.717, 1.165) is 37.3 Å². The van der Waals surface area contributed by atoms with Crippen LogP contribution in [-0.2, 0) is 6.42 Å². The maximum absolute atomic E-state index is 11.1. The first-order valence-electron chi connectivity index (χ1n) is 7.59. The molecule has 2 aromatic rings. The third-order valence-corrected chi connectivity index (χ3v) is 4.19. The lowest BCUT2D eigenvalue weighted by Gasteiger charge is -2.18. The summed E-state index contributed by atoms with van der Waals surface area (Å²) in [6.45, 7) is 1.71. The molecule has 1 N–H and O–H groups in total. The molecule has 0 amide bonds. The van der Waals surface area contributed by atoms with Gasteiger partial charge in [0.15, 0.2) is 0 Å². The second-order valence-corrected chi connectivity index (χ2v) is 5.80. The Morgan fingerprint density at radius 1 is 1.39 bits per heavy atom. The number of hydrogen-bond donors (Lipinski definition) is 1. The number of carbonyl (C=O) groups is 1. The van der Waals surface area contributed by atoms with Gasteiger partial charge in [0.2, 0.25) is 0 Å². The van der Waals surface area contributed by atoms with Gasteiger partial charge in [0.05, 0.1) is 11.1 Å². The lowest BCUT2D eigenvalue weighted by atomic mass is 9.97. The van der Waals surface area contributed by atoms with E-state index < -0.39 is 5.97 Å². The van der Waals surface area contributed by atoms with Crippen LogP contribution in [0.3, 0.4) is 0 Å². The van der Waals surface area contributed by atoms with Gasteiger partial charge in [-0.15, -0.1) is 0 Å². The van der Waals surface area contributed by atoms with Crippen LogP contribution in [0.1, 0.15) is 27.9 Å². The van der Waals surface area contributed by atoms with Crippen molar-refractivity contribution in [1.82, 2.24) is 4.98 Å². The SMILES string of the molecule is N#Cc1cccnc1N1CCC(Cc2cccc(C(=O)O)c2)C1. The molecule has 1 atom stereocenters. The molecule has 23 heavy (non-hydrogen) atoms. The molecule has 116 valence electrons. The zero-order valence-electron chi connectivity index (χ0n) is 12.6. The Labute approximate surface area is 134 Å². The van der Waals surface area contributed by atoms with Crippen molar-refractivity contribution in [1.29, 1.82) is 5.26 Å². The number of carboxylic acid groups (broad SMARTS) is 1. The van der Waals surface area contributed by atoms with Crippen LogP contribution in [0.25, 0.3) is 0 Å². The van der Waals surface area contributed by atoms with Gasteiger partial charge in [0, 0.05) is 19.3 Å². The van der Waals surface area contributed by atoms with E-state index in [1.54, 1.807) is 36.5 Å². The number of anilines is 1. The molecule has 2 heterocycles. The van der Waals surface area contributed by atoms with Gasteiger partial charge in [-0.25, -0.2) is 9.78 Å². The van der Waals surface area contributed by atoms with Gasteiger partial charge in [-0.1, -0.05) is 12.1 Å². The molecule has 1 saturated heterocycles. The average molecular weight is 307 g/mol. The number of nitriles is 1. The molecule has 1 aliphatic heterocycles. The number of pyridine rings is 1. The van der Waals surface area contributed by atoms with Crippen molar-refractivity contribution in [2.45, 2.75) is 12.8 Å². The zero-order chi connectivity index (χ0) is 16.2. The average Bonchev–Trinajstić information content (AvgIpc) is 3.03. The Bertz CT molecular complexity index is 767. The van der Waals surface area contributed by atoms with Crippen LogP contribution in [0, 0.1) is 17.2 Å². The van der Waals surface area contributed by atoms with Crippen molar-refractivity contribution in [3.8, 4) is 6.07 Å². The standard InChI is InChI=1S/C18H17N3O2/c19-11-16-5-2-7-20-17(16)21-8-6-14(12-21)9-13-3-1-4-15(10-13)18(22)23/h1-5,7,10,14H,6,8-9,12H2,(H,22,23). The molecule has 0 spiro atoms. The van der Waals surface area contributed by atoms with Gasteiger partial charge in [-0.05, 0) is 48.6 Å². The Morgan fingerprint density at radius 3 is 3.04 bits per heavy atom. The molecule has 5 heteroatoms. The molecule has 0 radical (unpaired) electrons. The summed E-state index contributed by atoms with van der Waals surface area (Å²) in [5, 5.41) is 18.3. The highest BCUT2D eigenvalue weighted by Crippen LogP contribution is 2.27. The Kier molecular flexibility index (Phi) is 4.24. The van der Waals surface area contributed by atoms with Crippen molar-refractivity contribution in [3.63, 3.8) is 0 Å². The molecular formula is C18H17N3O2. The van der Waals surface area contributed by atoms with E-state index >= 15 is 0 Å². The molecule has 5 nitrogen and oxygen atoms in total. The Balaban J connectivity index is 1.70. The van der Waals surface area contributed by atoms with Gasteiger partial charge in [-0.3, -0.25) is 0 Å².